The fourth-order valence-corrected chi connectivity index (χ4v) is 4.27. The molecule has 0 spiro atoms. The van der Waals surface area contributed by atoms with Crippen molar-refractivity contribution in [1.82, 2.24) is 4.31 Å². The molecule has 106 valence electrons. The molecule has 3 unspecified atom stereocenters. The second kappa shape index (κ2) is 6.02. The fraction of sp³-hybridized carbons (Fsp3) is 0.917. The number of carbonyl (C=O) groups is 1. The molecule has 1 fully saturated rings. The quantitative estimate of drug-likeness (QED) is 0.796. The van der Waals surface area contributed by atoms with Crippen LogP contribution in [0.4, 0.5) is 0 Å². The Morgan fingerprint density at radius 1 is 1.33 bits per heavy atom. The Hall–Kier alpha value is -0.620. The van der Waals surface area contributed by atoms with Crippen molar-refractivity contribution in [3.05, 3.63) is 0 Å². The van der Waals surface area contributed by atoms with Crippen molar-refractivity contribution in [2.24, 2.45) is 17.8 Å². The molecule has 1 rings (SSSR count). The van der Waals surface area contributed by atoms with E-state index < -0.39 is 16.0 Å². The summed E-state index contributed by atoms with van der Waals surface area (Å²) in [5, 5.41) is 9.13. The molecule has 0 bridgehead atoms. The van der Waals surface area contributed by atoms with E-state index in [9.17, 15) is 13.2 Å². The van der Waals surface area contributed by atoms with Crippen LogP contribution in [0, 0.1) is 17.8 Å². The molecule has 18 heavy (non-hydrogen) atoms. The minimum Gasteiger partial charge on any atom is -0.481 e. The van der Waals surface area contributed by atoms with E-state index in [0.29, 0.717) is 19.4 Å². The van der Waals surface area contributed by atoms with Gasteiger partial charge in [-0.3, -0.25) is 4.79 Å². The lowest BCUT2D eigenvalue weighted by Gasteiger charge is -2.17. The van der Waals surface area contributed by atoms with Gasteiger partial charge in [-0.2, -0.15) is 0 Å². The number of nitrogens with zero attached hydrogens (tertiary/aromatic N) is 1. The maximum absolute atomic E-state index is 12.0. The van der Waals surface area contributed by atoms with Crippen LogP contribution in [0.1, 0.15) is 33.1 Å². The number of rotatable bonds is 6. The number of carboxylic acid groups (broad SMARTS) is 1. The van der Waals surface area contributed by atoms with E-state index in [2.05, 4.69) is 0 Å². The highest BCUT2D eigenvalue weighted by Gasteiger charge is 2.39. The summed E-state index contributed by atoms with van der Waals surface area (Å²) in [6.45, 7) is 4.21. The topological polar surface area (TPSA) is 74.7 Å². The second-order valence-electron chi connectivity index (χ2n) is 5.14. The van der Waals surface area contributed by atoms with Gasteiger partial charge in [0.05, 0.1) is 11.7 Å². The fourth-order valence-electron chi connectivity index (χ4n) is 2.75. The van der Waals surface area contributed by atoms with Crippen molar-refractivity contribution in [3.8, 4) is 0 Å². The Morgan fingerprint density at radius 3 is 2.33 bits per heavy atom. The summed E-state index contributed by atoms with van der Waals surface area (Å²) in [6, 6.07) is 0. The van der Waals surface area contributed by atoms with Crippen LogP contribution in [-0.4, -0.2) is 43.1 Å². The van der Waals surface area contributed by atoms with Gasteiger partial charge in [0.1, 0.15) is 0 Å². The lowest BCUT2D eigenvalue weighted by Crippen LogP contribution is -2.31. The zero-order chi connectivity index (χ0) is 13.9. The largest absolute Gasteiger partial charge is 0.481 e. The lowest BCUT2D eigenvalue weighted by atomic mass is 9.94. The lowest BCUT2D eigenvalue weighted by molar-refractivity contribution is -0.143. The Kier molecular flexibility index (Phi) is 5.16. The third-order valence-corrected chi connectivity index (χ3v) is 6.10. The molecule has 1 N–H and O–H groups in total. The van der Waals surface area contributed by atoms with Gasteiger partial charge in [0, 0.05) is 13.6 Å². The van der Waals surface area contributed by atoms with Crippen LogP contribution in [0.3, 0.4) is 0 Å². The number of sulfonamides is 1. The van der Waals surface area contributed by atoms with E-state index in [1.54, 1.807) is 14.0 Å². The Labute approximate surface area is 109 Å². The standard InChI is InChI=1S/C12H23NO4S/c1-4-10-6-9(7-11(10)12(14)15)8-18(16,17)13(3)5-2/h9-11H,4-8H2,1-3H3,(H,14,15). The van der Waals surface area contributed by atoms with Gasteiger partial charge in [-0.05, 0) is 24.7 Å². The molecule has 1 saturated carbocycles. The van der Waals surface area contributed by atoms with E-state index in [1.165, 1.54) is 4.31 Å². The van der Waals surface area contributed by atoms with Crippen molar-refractivity contribution >= 4 is 16.0 Å². The van der Waals surface area contributed by atoms with Crippen LogP contribution in [0.15, 0.2) is 0 Å². The molecule has 0 aromatic rings. The predicted octanol–water partition coefficient (Wildman–Crippen LogP) is 1.40. The SMILES string of the molecule is CCC1CC(CS(=O)(=O)N(C)CC)CC1C(=O)O. The van der Waals surface area contributed by atoms with E-state index in [4.69, 9.17) is 5.11 Å². The van der Waals surface area contributed by atoms with Gasteiger partial charge in [-0.1, -0.05) is 20.3 Å². The molecule has 6 heteroatoms. The summed E-state index contributed by atoms with van der Waals surface area (Å²) in [5.41, 5.74) is 0. The van der Waals surface area contributed by atoms with Gasteiger partial charge in [-0.15, -0.1) is 0 Å². The highest BCUT2D eigenvalue weighted by Crippen LogP contribution is 2.39. The minimum absolute atomic E-state index is 0.0185. The first-order valence-corrected chi connectivity index (χ1v) is 8.09. The van der Waals surface area contributed by atoms with Gasteiger partial charge >= 0.3 is 5.97 Å². The Balaban J connectivity index is 2.69. The van der Waals surface area contributed by atoms with Crippen LogP contribution in [-0.2, 0) is 14.8 Å². The molecule has 0 aromatic carbocycles. The molecule has 0 radical (unpaired) electrons. The first kappa shape index (κ1) is 15.4. The van der Waals surface area contributed by atoms with Crippen LogP contribution in [0.25, 0.3) is 0 Å². The summed E-state index contributed by atoms with van der Waals surface area (Å²) in [6.07, 6.45) is 2.01. The van der Waals surface area contributed by atoms with Crippen LogP contribution < -0.4 is 0 Å². The summed E-state index contributed by atoms with van der Waals surface area (Å²) in [7, 11) is -1.67. The van der Waals surface area contributed by atoms with Crippen molar-refractivity contribution < 1.29 is 18.3 Å². The highest BCUT2D eigenvalue weighted by molar-refractivity contribution is 7.89. The molecule has 1 aliphatic carbocycles. The molecule has 0 heterocycles. The Morgan fingerprint density at radius 2 is 1.94 bits per heavy atom. The maximum atomic E-state index is 12.0. The second-order valence-corrected chi connectivity index (χ2v) is 7.26. The first-order valence-electron chi connectivity index (χ1n) is 6.48. The van der Waals surface area contributed by atoms with E-state index in [1.807, 2.05) is 6.92 Å². The molecule has 0 amide bonds. The minimum atomic E-state index is -3.23. The van der Waals surface area contributed by atoms with Gasteiger partial charge in [-0.25, -0.2) is 12.7 Å². The van der Waals surface area contributed by atoms with Gasteiger partial charge < -0.3 is 5.11 Å². The molecule has 0 saturated heterocycles. The summed E-state index contributed by atoms with van der Waals surface area (Å²) in [5.74, 6) is -0.977. The van der Waals surface area contributed by atoms with Gasteiger partial charge in [0.2, 0.25) is 10.0 Å². The molecule has 3 atom stereocenters. The molecule has 1 aliphatic rings. The maximum Gasteiger partial charge on any atom is 0.306 e. The number of carboxylic acids is 1. The number of hydrogen-bond acceptors (Lipinski definition) is 3. The van der Waals surface area contributed by atoms with E-state index in [-0.39, 0.29) is 23.5 Å². The average Bonchev–Trinajstić information content (AvgIpc) is 2.70. The first-order chi connectivity index (χ1) is 8.31. The third-order valence-electron chi connectivity index (χ3n) is 4.00. The average molecular weight is 277 g/mol. The molecule has 0 aromatic heterocycles. The monoisotopic (exact) mass is 277 g/mol. The molecular formula is C12H23NO4S. The zero-order valence-corrected chi connectivity index (χ0v) is 12.1. The van der Waals surface area contributed by atoms with Crippen molar-refractivity contribution in [2.45, 2.75) is 33.1 Å². The molecular weight excluding hydrogens is 254 g/mol. The van der Waals surface area contributed by atoms with Crippen molar-refractivity contribution in [3.63, 3.8) is 0 Å². The van der Waals surface area contributed by atoms with Crippen LogP contribution in [0.2, 0.25) is 0 Å². The van der Waals surface area contributed by atoms with E-state index >= 15 is 0 Å². The van der Waals surface area contributed by atoms with Gasteiger partial charge in [0.25, 0.3) is 0 Å². The predicted molar refractivity (Wildman–Crippen MR) is 69.7 cm³/mol. The van der Waals surface area contributed by atoms with E-state index in [0.717, 1.165) is 6.42 Å². The third kappa shape index (κ3) is 3.45. The van der Waals surface area contributed by atoms with Crippen LogP contribution >= 0.6 is 0 Å². The summed E-state index contributed by atoms with van der Waals surface area (Å²) < 4.78 is 25.3. The smallest absolute Gasteiger partial charge is 0.306 e. The normalized spacial score (nSPS) is 28.8. The van der Waals surface area contributed by atoms with Crippen LogP contribution in [0.5, 0.6) is 0 Å². The van der Waals surface area contributed by atoms with Crippen molar-refractivity contribution in [2.75, 3.05) is 19.3 Å². The van der Waals surface area contributed by atoms with Gasteiger partial charge in [0.15, 0.2) is 0 Å². The van der Waals surface area contributed by atoms with Crippen molar-refractivity contribution in [1.29, 1.82) is 0 Å². The summed E-state index contributed by atoms with van der Waals surface area (Å²) >= 11 is 0. The highest BCUT2D eigenvalue weighted by atomic mass is 32.2. The molecule has 0 aliphatic heterocycles. The number of hydrogen-bond donors (Lipinski definition) is 1. The number of aliphatic carboxylic acids is 1. The summed E-state index contributed by atoms with van der Waals surface area (Å²) in [4.78, 5) is 11.1. The molecule has 5 nitrogen and oxygen atoms in total. The zero-order valence-electron chi connectivity index (χ0n) is 11.3. The Bertz CT molecular complexity index is 393.